The summed E-state index contributed by atoms with van der Waals surface area (Å²) >= 11 is 1.86. The predicted octanol–water partition coefficient (Wildman–Crippen LogP) is 10.7. The van der Waals surface area contributed by atoms with Crippen LogP contribution < -0.4 is 0 Å². The van der Waals surface area contributed by atoms with Crippen LogP contribution in [-0.2, 0) is 5.41 Å². The molecule has 2 aromatic heterocycles. The maximum Gasteiger partial charge on any atom is 0.136 e. The Morgan fingerprint density at radius 3 is 2.41 bits per heavy atom. The lowest BCUT2D eigenvalue weighted by molar-refractivity contribution is 0.617. The number of benzene rings is 5. The highest BCUT2D eigenvalue weighted by Gasteiger charge is 2.33. The topological polar surface area (TPSA) is 36.9 Å². The van der Waals surface area contributed by atoms with Crippen molar-refractivity contribution >= 4 is 64.6 Å². The SMILES string of the molecule is CC1(c2cccc3sc4ccccc4c23)C=C(c2cccc(C#N)c2)C=C(c2cccc3oc4ccccc4c23)C1. The number of furan rings is 1. The van der Waals surface area contributed by atoms with Crippen LogP contribution in [0.25, 0.3) is 53.3 Å². The molecule has 1 atom stereocenters. The van der Waals surface area contributed by atoms with Crippen molar-refractivity contribution in [3.8, 4) is 6.07 Å². The molecule has 7 aromatic rings. The number of hydrogen-bond donors (Lipinski definition) is 0. The third kappa shape index (κ3) is 3.76. The van der Waals surface area contributed by atoms with Crippen molar-refractivity contribution in [1.82, 2.24) is 0 Å². The van der Waals surface area contributed by atoms with Gasteiger partial charge >= 0.3 is 0 Å². The monoisotopic (exact) mass is 543 g/mol. The highest BCUT2D eigenvalue weighted by atomic mass is 32.1. The van der Waals surface area contributed by atoms with E-state index in [1.54, 1.807) is 0 Å². The Morgan fingerprint density at radius 1 is 0.756 bits per heavy atom. The van der Waals surface area contributed by atoms with Crippen LogP contribution in [0.15, 0.2) is 126 Å². The molecule has 0 bridgehead atoms. The van der Waals surface area contributed by atoms with Gasteiger partial charge in [-0.05, 0) is 70.7 Å². The fraction of sp³-hybridized carbons (Fsp3) is 0.0789. The average molecular weight is 544 g/mol. The first-order valence-electron chi connectivity index (χ1n) is 13.9. The summed E-state index contributed by atoms with van der Waals surface area (Å²) in [5.74, 6) is 0. The van der Waals surface area contributed by atoms with Crippen molar-refractivity contribution < 1.29 is 4.42 Å². The van der Waals surface area contributed by atoms with E-state index < -0.39 is 0 Å². The smallest absolute Gasteiger partial charge is 0.136 e. The number of rotatable bonds is 3. The number of allylic oxidation sites excluding steroid dienone is 4. The molecule has 2 heterocycles. The third-order valence-electron chi connectivity index (χ3n) is 8.45. The van der Waals surface area contributed by atoms with Gasteiger partial charge in [-0.3, -0.25) is 0 Å². The summed E-state index contributed by atoms with van der Waals surface area (Å²) in [6, 6.07) is 40.4. The lowest BCUT2D eigenvalue weighted by atomic mass is 9.69. The van der Waals surface area contributed by atoms with Gasteiger partial charge in [-0.25, -0.2) is 0 Å². The Morgan fingerprint density at radius 2 is 1.51 bits per heavy atom. The van der Waals surface area contributed by atoms with E-state index in [2.05, 4.69) is 104 Å². The van der Waals surface area contributed by atoms with Gasteiger partial charge in [0.2, 0.25) is 0 Å². The minimum Gasteiger partial charge on any atom is -0.456 e. The van der Waals surface area contributed by atoms with Crippen LogP contribution in [0.5, 0.6) is 0 Å². The van der Waals surface area contributed by atoms with Crippen LogP contribution in [0, 0.1) is 11.3 Å². The molecule has 0 N–H and O–H groups in total. The van der Waals surface area contributed by atoms with E-state index in [1.165, 1.54) is 36.9 Å². The number of fused-ring (bicyclic) bond motifs is 6. The second-order valence-corrected chi connectivity index (χ2v) is 12.2. The van der Waals surface area contributed by atoms with Gasteiger partial charge in [0, 0.05) is 36.4 Å². The highest BCUT2D eigenvalue weighted by molar-refractivity contribution is 7.25. The van der Waals surface area contributed by atoms with Crippen molar-refractivity contribution in [1.29, 1.82) is 5.26 Å². The fourth-order valence-corrected chi connectivity index (χ4v) is 7.78. The van der Waals surface area contributed by atoms with Crippen molar-refractivity contribution in [2.24, 2.45) is 0 Å². The summed E-state index contributed by atoms with van der Waals surface area (Å²) < 4.78 is 8.90. The number of hydrogen-bond acceptors (Lipinski definition) is 3. The van der Waals surface area contributed by atoms with Gasteiger partial charge in [-0.1, -0.05) is 91.9 Å². The van der Waals surface area contributed by atoms with Gasteiger partial charge in [0.25, 0.3) is 0 Å². The van der Waals surface area contributed by atoms with Gasteiger partial charge in [0.15, 0.2) is 0 Å². The Hall–Kier alpha value is -4.91. The van der Waals surface area contributed by atoms with E-state index in [0.717, 1.165) is 39.5 Å². The van der Waals surface area contributed by atoms with E-state index in [1.807, 2.05) is 41.7 Å². The van der Waals surface area contributed by atoms with E-state index in [9.17, 15) is 5.26 Å². The minimum absolute atomic E-state index is 0.285. The largest absolute Gasteiger partial charge is 0.456 e. The highest BCUT2D eigenvalue weighted by Crippen LogP contribution is 2.49. The molecular formula is C38H25NOS. The van der Waals surface area contributed by atoms with Crippen molar-refractivity contribution in [3.05, 3.63) is 144 Å². The summed E-state index contributed by atoms with van der Waals surface area (Å²) in [6.07, 6.45) is 5.58. The molecule has 2 nitrogen and oxygen atoms in total. The molecule has 8 rings (SSSR count). The molecule has 0 amide bonds. The maximum atomic E-state index is 9.67. The molecular weight excluding hydrogens is 518 g/mol. The minimum atomic E-state index is -0.285. The number of nitriles is 1. The number of thiophene rings is 1. The van der Waals surface area contributed by atoms with Crippen molar-refractivity contribution in [3.63, 3.8) is 0 Å². The zero-order chi connectivity index (χ0) is 27.6. The van der Waals surface area contributed by atoms with Crippen LogP contribution in [0.2, 0.25) is 0 Å². The molecule has 0 saturated carbocycles. The molecule has 3 heteroatoms. The first-order chi connectivity index (χ1) is 20.1. The summed E-state index contributed by atoms with van der Waals surface area (Å²) in [6.45, 7) is 2.36. The predicted molar refractivity (Wildman–Crippen MR) is 172 cm³/mol. The fourth-order valence-electron chi connectivity index (χ4n) is 6.64. The zero-order valence-electron chi connectivity index (χ0n) is 22.5. The molecule has 41 heavy (non-hydrogen) atoms. The second kappa shape index (κ2) is 9.06. The van der Waals surface area contributed by atoms with Gasteiger partial charge in [-0.2, -0.15) is 5.26 Å². The Bertz CT molecular complexity index is 2270. The van der Waals surface area contributed by atoms with E-state index in [0.29, 0.717) is 5.56 Å². The van der Waals surface area contributed by atoms with Gasteiger partial charge in [0.1, 0.15) is 11.2 Å². The van der Waals surface area contributed by atoms with Crippen LogP contribution in [0.4, 0.5) is 0 Å². The van der Waals surface area contributed by atoms with Crippen LogP contribution in [0.3, 0.4) is 0 Å². The van der Waals surface area contributed by atoms with Gasteiger partial charge in [-0.15, -0.1) is 11.3 Å². The van der Waals surface area contributed by atoms with Crippen molar-refractivity contribution in [2.45, 2.75) is 18.8 Å². The standard InChI is InChI=1S/C38H25NOS/c1-38(31-14-8-18-35-37(31)30-12-3-5-17-34(30)41-35)21-26(25-10-6-9-24(19-25)23-39)20-27(22-38)28-13-7-16-33-36(28)29-11-2-4-15-32(29)40-33/h2-21H,22H2,1H3. The summed E-state index contributed by atoms with van der Waals surface area (Å²) in [5.41, 5.74) is 8.17. The van der Waals surface area contributed by atoms with Crippen LogP contribution in [-0.4, -0.2) is 0 Å². The lowest BCUT2D eigenvalue weighted by Gasteiger charge is -2.34. The molecule has 5 aromatic carbocycles. The molecule has 0 radical (unpaired) electrons. The van der Waals surface area contributed by atoms with E-state index in [4.69, 9.17) is 4.42 Å². The van der Waals surface area contributed by atoms with E-state index >= 15 is 0 Å². The molecule has 0 spiro atoms. The maximum absolute atomic E-state index is 9.67. The van der Waals surface area contributed by atoms with E-state index in [-0.39, 0.29) is 5.41 Å². The number of nitrogens with zero attached hydrogens (tertiary/aromatic N) is 1. The first-order valence-corrected chi connectivity index (χ1v) is 14.7. The molecule has 0 saturated heterocycles. The zero-order valence-corrected chi connectivity index (χ0v) is 23.3. The molecule has 0 fully saturated rings. The van der Waals surface area contributed by atoms with Crippen LogP contribution in [0.1, 0.15) is 35.6 Å². The summed E-state index contributed by atoms with van der Waals surface area (Å²) in [4.78, 5) is 0. The van der Waals surface area contributed by atoms with Gasteiger partial charge < -0.3 is 4.42 Å². The molecule has 1 aliphatic carbocycles. The Kier molecular flexibility index (Phi) is 5.29. The molecule has 1 unspecified atom stereocenters. The lowest BCUT2D eigenvalue weighted by Crippen LogP contribution is -2.23. The van der Waals surface area contributed by atoms with Crippen molar-refractivity contribution in [2.75, 3.05) is 0 Å². The second-order valence-electron chi connectivity index (χ2n) is 11.1. The quantitative estimate of drug-likeness (QED) is 0.222. The molecule has 194 valence electrons. The summed E-state index contributed by atoms with van der Waals surface area (Å²) in [5, 5.41) is 14.6. The molecule has 1 aliphatic rings. The Balaban J connectivity index is 1.41. The summed E-state index contributed by atoms with van der Waals surface area (Å²) in [7, 11) is 0. The normalized spacial score (nSPS) is 17.2. The van der Waals surface area contributed by atoms with Crippen LogP contribution >= 0.6 is 11.3 Å². The molecule has 0 aliphatic heterocycles. The van der Waals surface area contributed by atoms with Gasteiger partial charge in [0.05, 0.1) is 11.6 Å². The average Bonchev–Trinajstić information content (AvgIpc) is 3.59. The number of para-hydroxylation sites is 1. The first kappa shape index (κ1) is 23.9. The third-order valence-corrected chi connectivity index (χ3v) is 9.59. The Labute approximate surface area is 242 Å².